The first kappa shape index (κ1) is 21.5. The fourth-order valence-electron chi connectivity index (χ4n) is 3.65. The highest BCUT2D eigenvalue weighted by molar-refractivity contribution is 5.94. The zero-order valence-corrected chi connectivity index (χ0v) is 18.7. The molecule has 0 N–H and O–H groups in total. The third-order valence-electron chi connectivity index (χ3n) is 5.44. The van der Waals surface area contributed by atoms with Crippen molar-refractivity contribution in [3.63, 3.8) is 0 Å². The van der Waals surface area contributed by atoms with Crippen molar-refractivity contribution in [3.8, 4) is 34.0 Å². The van der Waals surface area contributed by atoms with Crippen LogP contribution in [0.5, 0.6) is 0 Å². The highest BCUT2D eigenvalue weighted by Gasteiger charge is 2.23. The van der Waals surface area contributed by atoms with Gasteiger partial charge in [0.2, 0.25) is 11.6 Å². The molecule has 0 aliphatic heterocycles. The van der Waals surface area contributed by atoms with Crippen molar-refractivity contribution in [1.29, 1.82) is 0 Å². The Morgan fingerprint density at radius 1 is 0.941 bits per heavy atom. The van der Waals surface area contributed by atoms with Crippen molar-refractivity contribution >= 4 is 17.0 Å². The normalized spacial score (nSPS) is 11.1. The molecule has 0 aliphatic carbocycles. The van der Waals surface area contributed by atoms with E-state index in [1.807, 2.05) is 36.4 Å². The molecule has 3 aromatic heterocycles. The van der Waals surface area contributed by atoms with E-state index in [-0.39, 0.29) is 18.1 Å². The van der Waals surface area contributed by atoms with Gasteiger partial charge in [0.25, 0.3) is 0 Å². The number of aryl methyl sites for hydroxylation is 1. The monoisotopic (exact) mass is 456 g/mol. The maximum Gasteiger partial charge on any atom is 0.230 e. The SMILES string of the molecule is CN(C)C(=O)CCc1nc(-c2ccc(F)cc2)c(-c2ncnc3oc(-c4ccccc4)cc23)o1. The van der Waals surface area contributed by atoms with Gasteiger partial charge in [-0.1, -0.05) is 30.3 Å². The lowest BCUT2D eigenvalue weighted by Crippen LogP contribution is -2.21. The average Bonchev–Trinajstić information content (AvgIpc) is 3.48. The first-order valence-electron chi connectivity index (χ1n) is 10.8. The van der Waals surface area contributed by atoms with Gasteiger partial charge in [0, 0.05) is 38.1 Å². The molecular weight excluding hydrogens is 435 g/mol. The Kier molecular flexibility index (Phi) is 5.63. The topological polar surface area (TPSA) is 85.3 Å². The number of hydrogen-bond donors (Lipinski definition) is 0. The predicted octanol–water partition coefficient (Wildman–Crippen LogP) is 5.37. The van der Waals surface area contributed by atoms with E-state index in [2.05, 4.69) is 15.0 Å². The third-order valence-corrected chi connectivity index (χ3v) is 5.44. The fraction of sp³-hybridized carbons (Fsp3) is 0.154. The number of hydrogen-bond acceptors (Lipinski definition) is 6. The van der Waals surface area contributed by atoms with Crippen LogP contribution < -0.4 is 0 Å². The minimum atomic E-state index is -0.350. The van der Waals surface area contributed by atoms with Crippen LogP contribution in [0.15, 0.2) is 75.8 Å². The summed E-state index contributed by atoms with van der Waals surface area (Å²) in [6.07, 6.45) is 1.97. The van der Waals surface area contributed by atoms with Gasteiger partial charge in [0.05, 0.1) is 5.39 Å². The molecule has 0 fully saturated rings. The van der Waals surface area contributed by atoms with E-state index in [1.165, 1.54) is 23.4 Å². The summed E-state index contributed by atoms with van der Waals surface area (Å²) in [6.45, 7) is 0. The molecule has 0 spiro atoms. The maximum atomic E-state index is 13.6. The standard InChI is InChI=1S/C26H21FN4O3/c1-31(2)22(32)13-12-21-30-23(17-8-10-18(27)11-9-17)25(34-21)24-19-14-20(16-6-4-3-5-7-16)33-26(19)29-15-28-24/h3-11,14-15H,12-13H2,1-2H3. The van der Waals surface area contributed by atoms with Crippen molar-refractivity contribution in [3.05, 3.63) is 78.7 Å². The fourth-order valence-corrected chi connectivity index (χ4v) is 3.65. The van der Waals surface area contributed by atoms with E-state index in [4.69, 9.17) is 8.83 Å². The largest absolute Gasteiger partial charge is 0.438 e. The van der Waals surface area contributed by atoms with E-state index in [1.54, 1.807) is 26.2 Å². The second-order valence-electron chi connectivity index (χ2n) is 8.00. The van der Waals surface area contributed by atoms with Gasteiger partial charge in [-0.2, -0.15) is 0 Å². The molecule has 0 aliphatic rings. The molecule has 0 atom stereocenters. The van der Waals surface area contributed by atoms with Crippen molar-refractivity contribution in [2.24, 2.45) is 0 Å². The zero-order valence-electron chi connectivity index (χ0n) is 18.7. The van der Waals surface area contributed by atoms with Crippen LogP contribution in [0, 0.1) is 5.82 Å². The van der Waals surface area contributed by atoms with Crippen LogP contribution >= 0.6 is 0 Å². The van der Waals surface area contributed by atoms with Crippen LogP contribution in [0.4, 0.5) is 4.39 Å². The molecule has 170 valence electrons. The summed E-state index contributed by atoms with van der Waals surface area (Å²) >= 11 is 0. The van der Waals surface area contributed by atoms with Gasteiger partial charge in [0.15, 0.2) is 11.7 Å². The molecule has 34 heavy (non-hydrogen) atoms. The lowest BCUT2D eigenvalue weighted by molar-refractivity contribution is -0.128. The summed E-state index contributed by atoms with van der Waals surface area (Å²) in [4.78, 5) is 27.0. The van der Waals surface area contributed by atoms with Crippen LogP contribution in [0.25, 0.3) is 45.1 Å². The summed E-state index contributed by atoms with van der Waals surface area (Å²) in [5.41, 5.74) is 3.01. The molecule has 0 saturated carbocycles. The first-order chi connectivity index (χ1) is 16.5. The van der Waals surface area contributed by atoms with Gasteiger partial charge in [-0.15, -0.1) is 0 Å². The number of carbonyl (C=O) groups is 1. The van der Waals surface area contributed by atoms with Crippen molar-refractivity contribution in [1.82, 2.24) is 19.9 Å². The molecule has 0 unspecified atom stereocenters. The molecule has 0 radical (unpaired) electrons. The Morgan fingerprint density at radius 3 is 2.44 bits per heavy atom. The summed E-state index contributed by atoms with van der Waals surface area (Å²) < 4.78 is 25.7. The number of nitrogens with zero attached hydrogens (tertiary/aromatic N) is 4. The van der Waals surface area contributed by atoms with Crippen LogP contribution in [-0.4, -0.2) is 39.9 Å². The summed E-state index contributed by atoms with van der Waals surface area (Å²) in [7, 11) is 3.40. The molecule has 0 bridgehead atoms. The molecule has 0 saturated heterocycles. The third kappa shape index (κ3) is 4.17. The summed E-state index contributed by atoms with van der Waals surface area (Å²) in [6, 6.07) is 17.6. The smallest absolute Gasteiger partial charge is 0.230 e. The van der Waals surface area contributed by atoms with Gasteiger partial charge >= 0.3 is 0 Å². The van der Waals surface area contributed by atoms with Gasteiger partial charge in [0.1, 0.15) is 29.3 Å². The lowest BCUT2D eigenvalue weighted by atomic mass is 10.1. The molecule has 2 aromatic carbocycles. The van der Waals surface area contributed by atoms with Crippen molar-refractivity contribution in [2.45, 2.75) is 12.8 Å². The average molecular weight is 456 g/mol. The van der Waals surface area contributed by atoms with Crippen LogP contribution in [0.1, 0.15) is 12.3 Å². The molecule has 3 heterocycles. The number of fused-ring (bicyclic) bond motifs is 1. The van der Waals surface area contributed by atoms with Gasteiger partial charge in [-0.05, 0) is 30.3 Å². The quantitative estimate of drug-likeness (QED) is 0.341. The highest BCUT2D eigenvalue weighted by atomic mass is 19.1. The Hall–Kier alpha value is -4.33. The summed E-state index contributed by atoms with van der Waals surface area (Å²) in [5, 5.41) is 0.664. The minimum absolute atomic E-state index is 0.0325. The number of amides is 1. The van der Waals surface area contributed by atoms with Crippen molar-refractivity contribution < 1.29 is 18.0 Å². The Bertz CT molecular complexity index is 1460. The first-order valence-corrected chi connectivity index (χ1v) is 10.8. The number of oxazole rings is 1. The number of benzene rings is 2. The maximum absolute atomic E-state index is 13.6. The van der Waals surface area contributed by atoms with Gasteiger partial charge < -0.3 is 13.7 Å². The van der Waals surface area contributed by atoms with Crippen molar-refractivity contribution in [2.75, 3.05) is 14.1 Å². The number of aromatic nitrogens is 3. The van der Waals surface area contributed by atoms with Crippen LogP contribution in [0.3, 0.4) is 0 Å². The minimum Gasteiger partial charge on any atom is -0.438 e. The number of rotatable bonds is 6. The van der Waals surface area contributed by atoms with Gasteiger partial charge in [-0.25, -0.2) is 19.3 Å². The van der Waals surface area contributed by atoms with Crippen LogP contribution in [-0.2, 0) is 11.2 Å². The van der Waals surface area contributed by atoms with E-state index in [9.17, 15) is 9.18 Å². The Labute approximate surface area is 194 Å². The van der Waals surface area contributed by atoms with Crippen LogP contribution in [0.2, 0.25) is 0 Å². The van der Waals surface area contributed by atoms with E-state index < -0.39 is 0 Å². The zero-order chi connectivity index (χ0) is 23.7. The Balaban J connectivity index is 1.62. The number of furan rings is 1. The summed E-state index contributed by atoms with van der Waals surface area (Å²) in [5.74, 6) is 1.07. The Morgan fingerprint density at radius 2 is 1.71 bits per heavy atom. The molecule has 8 heteroatoms. The van der Waals surface area contributed by atoms with E-state index in [0.29, 0.717) is 51.9 Å². The molecular formula is C26H21FN4O3. The predicted molar refractivity (Wildman–Crippen MR) is 125 cm³/mol. The molecule has 1 amide bonds. The molecule has 7 nitrogen and oxygen atoms in total. The highest BCUT2D eigenvalue weighted by Crippen LogP contribution is 2.37. The second kappa shape index (κ2) is 8.90. The van der Waals surface area contributed by atoms with Gasteiger partial charge in [-0.3, -0.25) is 4.79 Å². The molecule has 5 rings (SSSR count). The van der Waals surface area contributed by atoms with E-state index in [0.717, 1.165) is 5.56 Å². The number of halogens is 1. The molecule has 5 aromatic rings. The lowest BCUT2D eigenvalue weighted by Gasteiger charge is -2.08. The van der Waals surface area contributed by atoms with E-state index >= 15 is 0 Å². The number of carbonyl (C=O) groups excluding carboxylic acids is 1. The second-order valence-corrected chi connectivity index (χ2v) is 8.00.